The molecule has 2 aromatic rings. The Balaban J connectivity index is 2.29. The first-order valence-corrected chi connectivity index (χ1v) is 5.91. The van der Waals surface area contributed by atoms with Crippen molar-refractivity contribution in [3.63, 3.8) is 0 Å². The number of hydrogen-bond acceptors (Lipinski definition) is 2. The molecule has 2 rings (SSSR count). The number of benzene rings is 2. The van der Waals surface area contributed by atoms with E-state index in [0.717, 1.165) is 11.1 Å². The Morgan fingerprint density at radius 1 is 0.889 bits per heavy atom. The molecule has 0 atom stereocenters. The molecule has 0 bridgehead atoms. The predicted octanol–water partition coefficient (Wildman–Crippen LogP) is 3.31. The number of rotatable bonds is 3. The third-order valence-corrected chi connectivity index (χ3v) is 2.81. The van der Waals surface area contributed by atoms with Crippen LogP contribution in [0.3, 0.4) is 0 Å². The highest BCUT2D eigenvalue weighted by Crippen LogP contribution is 2.21. The number of hydrogen-bond donors (Lipinski definition) is 1. The minimum atomic E-state index is -1.33. The summed E-state index contributed by atoms with van der Waals surface area (Å²) >= 11 is 0. The summed E-state index contributed by atoms with van der Waals surface area (Å²) in [6, 6.07) is 17.3. The Hall–Kier alpha value is -1.93. The monoisotopic (exact) mass is 240 g/mol. The van der Waals surface area contributed by atoms with Gasteiger partial charge in [0.2, 0.25) is 0 Å². The van der Waals surface area contributed by atoms with Crippen molar-refractivity contribution in [3.05, 3.63) is 60.2 Å². The molecule has 0 heterocycles. The van der Waals surface area contributed by atoms with Gasteiger partial charge in [0.1, 0.15) is 5.60 Å². The predicted molar refractivity (Wildman–Crippen MR) is 72.5 cm³/mol. The van der Waals surface area contributed by atoms with Gasteiger partial charge >= 0.3 is 0 Å². The van der Waals surface area contributed by atoms with Crippen molar-refractivity contribution >= 4 is 5.78 Å². The molecule has 1 N–H and O–H groups in total. The van der Waals surface area contributed by atoms with Crippen molar-refractivity contribution in [2.45, 2.75) is 19.4 Å². The summed E-state index contributed by atoms with van der Waals surface area (Å²) in [4.78, 5) is 11.9. The second kappa shape index (κ2) is 4.75. The van der Waals surface area contributed by atoms with Gasteiger partial charge in [0.05, 0.1) is 0 Å². The molecule has 2 aromatic carbocycles. The van der Waals surface area contributed by atoms with E-state index in [4.69, 9.17) is 0 Å². The lowest BCUT2D eigenvalue weighted by molar-refractivity contribution is 0.0488. The number of Topliss-reactive ketones (excluding diaryl/α,β-unsaturated/α-hetero) is 1. The highest BCUT2D eigenvalue weighted by atomic mass is 16.3. The SMILES string of the molecule is CC(C)(O)C(=O)c1ccc(-c2ccccc2)cc1. The summed E-state index contributed by atoms with van der Waals surface area (Å²) in [6.07, 6.45) is 0. The third kappa shape index (κ3) is 2.66. The first-order chi connectivity index (χ1) is 8.48. The van der Waals surface area contributed by atoms with Crippen LogP contribution >= 0.6 is 0 Å². The van der Waals surface area contributed by atoms with E-state index >= 15 is 0 Å². The molecule has 0 spiro atoms. The highest BCUT2D eigenvalue weighted by molar-refractivity contribution is 6.02. The van der Waals surface area contributed by atoms with Crippen molar-refractivity contribution in [2.24, 2.45) is 0 Å². The van der Waals surface area contributed by atoms with Gasteiger partial charge in [-0.25, -0.2) is 0 Å². The molecule has 0 radical (unpaired) electrons. The van der Waals surface area contributed by atoms with E-state index in [-0.39, 0.29) is 5.78 Å². The number of ketones is 1. The molecule has 2 heteroatoms. The van der Waals surface area contributed by atoms with E-state index in [1.54, 1.807) is 12.1 Å². The maximum absolute atomic E-state index is 11.9. The van der Waals surface area contributed by atoms with E-state index in [2.05, 4.69) is 0 Å². The van der Waals surface area contributed by atoms with Crippen LogP contribution in [0.5, 0.6) is 0 Å². The fourth-order valence-corrected chi connectivity index (χ4v) is 1.80. The molecule has 18 heavy (non-hydrogen) atoms. The largest absolute Gasteiger partial charge is 0.382 e. The Bertz CT molecular complexity index is 534. The minimum Gasteiger partial charge on any atom is -0.382 e. The van der Waals surface area contributed by atoms with Crippen molar-refractivity contribution in [3.8, 4) is 11.1 Å². The van der Waals surface area contributed by atoms with Gasteiger partial charge in [-0.2, -0.15) is 0 Å². The van der Waals surface area contributed by atoms with Crippen molar-refractivity contribution in [1.82, 2.24) is 0 Å². The lowest BCUT2D eigenvalue weighted by Crippen LogP contribution is -2.30. The molecule has 0 saturated heterocycles. The van der Waals surface area contributed by atoms with Crippen LogP contribution in [-0.2, 0) is 0 Å². The van der Waals surface area contributed by atoms with Gasteiger partial charge in [-0.3, -0.25) is 4.79 Å². The first kappa shape index (κ1) is 12.5. The molecule has 0 aliphatic rings. The zero-order valence-corrected chi connectivity index (χ0v) is 10.6. The molecule has 0 fully saturated rings. The smallest absolute Gasteiger partial charge is 0.193 e. The van der Waals surface area contributed by atoms with Gasteiger partial charge in [-0.05, 0) is 25.0 Å². The minimum absolute atomic E-state index is 0.262. The summed E-state index contributed by atoms with van der Waals surface area (Å²) in [5, 5.41) is 9.68. The van der Waals surface area contributed by atoms with E-state index in [0.29, 0.717) is 5.56 Å². The number of carbonyl (C=O) groups is 1. The number of aliphatic hydroxyl groups is 1. The molecule has 0 aliphatic heterocycles. The Labute approximate surface area is 107 Å². The van der Waals surface area contributed by atoms with Gasteiger partial charge in [-0.1, -0.05) is 54.6 Å². The normalized spacial score (nSPS) is 11.3. The van der Waals surface area contributed by atoms with Crippen LogP contribution in [-0.4, -0.2) is 16.5 Å². The molecular weight excluding hydrogens is 224 g/mol. The molecule has 0 aliphatic carbocycles. The van der Waals surface area contributed by atoms with Crippen LogP contribution in [0.4, 0.5) is 0 Å². The van der Waals surface area contributed by atoms with Crippen LogP contribution in [0.25, 0.3) is 11.1 Å². The quantitative estimate of drug-likeness (QED) is 0.836. The Morgan fingerprint density at radius 2 is 1.39 bits per heavy atom. The van der Waals surface area contributed by atoms with Crippen molar-refractivity contribution < 1.29 is 9.90 Å². The fourth-order valence-electron chi connectivity index (χ4n) is 1.80. The first-order valence-electron chi connectivity index (χ1n) is 5.91. The maximum Gasteiger partial charge on any atom is 0.193 e. The van der Waals surface area contributed by atoms with E-state index in [9.17, 15) is 9.90 Å². The van der Waals surface area contributed by atoms with Crippen LogP contribution in [0.15, 0.2) is 54.6 Å². The second-order valence-corrected chi connectivity index (χ2v) is 4.83. The average molecular weight is 240 g/mol. The summed E-state index contributed by atoms with van der Waals surface area (Å²) in [5.74, 6) is -0.262. The summed E-state index contributed by atoms with van der Waals surface area (Å²) < 4.78 is 0. The Kier molecular flexibility index (Phi) is 3.30. The molecule has 0 saturated carbocycles. The van der Waals surface area contributed by atoms with Gasteiger partial charge < -0.3 is 5.11 Å². The zero-order chi connectivity index (χ0) is 13.2. The fraction of sp³-hybridized carbons (Fsp3) is 0.188. The second-order valence-electron chi connectivity index (χ2n) is 4.83. The van der Waals surface area contributed by atoms with E-state index in [1.165, 1.54) is 13.8 Å². The molecular formula is C16H16O2. The van der Waals surface area contributed by atoms with Crippen LogP contribution < -0.4 is 0 Å². The maximum atomic E-state index is 11.9. The van der Waals surface area contributed by atoms with Gasteiger partial charge in [0.25, 0.3) is 0 Å². The van der Waals surface area contributed by atoms with Crippen molar-refractivity contribution in [2.75, 3.05) is 0 Å². The van der Waals surface area contributed by atoms with Gasteiger partial charge in [-0.15, -0.1) is 0 Å². The molecule has 0 amide bonds. The Morgan fingerprint density at radius 3 is 1.89 bits per heavy atom. The molecule has 0 aromatic heterocycles. The lowest BCUT2D eigenvalue weighted by atomic mass is 9.95. The highest BCUT2D eigenvalue weighted by Gasteiger charge is 2.24. The third-order valence-electron chi connectivity index (χ3n) is 2.81. The summed E-state index contributed by atoms with van der Waals surface area (Å²) in [6.45, 7) is 3.00. The summed E-state index contributed by atoms with van der Waals surface area (Å²) in [7, 11) is 0. The van der Waals surface area contributed by atoms with Gasteiger partial charge in [0, 0.05) is 5.56 Å². The average Bonchev–Trinajstić information content (AvgIpc) is 2.38. The molecule has 92 valence electrons. The van der Waals surface area contributed by atoms with Gasteiger partial charge in [0.15, 0.2) is 5.78 Å². The topological polar surface area (TPSA) is 37.3 Å². The van der Waals surface area contributed by atoms with Crippen molar-refractivity contribution in [1.29, 1.82) is 0 Å². The lowest BCUT2D eigenvalue weighted by Gasteiger charge is -2.15. The molecule has 2 nitrogen and oxygen atoms in total. The molecule has 0 unspecified atom stereocenters. The number of carbonyl (C=O) groups excluding carboxylic acids is 1. The van der Waals surface area contributed by atoms with Crippen LogP contribution in [0, 0.1) is 0 Å². The van der Waals surface area contributed by atoms with Crippen LogP contribution in [0.2, 0.25) is 0 Å². The van der Waals surface area contributed by atoms with E-state index in [1.807, 2.05) is 42.5 Å². The van der Waals surface area contributed by atoms with E-state index < -0.39 is 5.60 Å². The van der Waals surface area contributed by atoms with Crippen LogP contribution in [0.1, 0.15) is 24.2 Å². The zero-order valence-electron chi connectivity index (χ0n) is 10.6. The standard InChI is InChI=1S/C16H16O2/c1-16(2,18)15(17)14-10-8-13(9-11-14)12-6-4-3-5-7-12/h3-11,18H,1-2H3. The summed E-state index contributed by atoms with van der Waals surface area (Å²) in [5.41, 5.74) is 1.37.